The lowest BCUT2D eigenvalue weighted by Crippen LogP contribution is -2.44. The highest BCUT2D eigenvalue weighted by molar-refractivity contribution is 9.10. The molecule has 1 aliphatic carbocycles. The van der Waals surface area contributed by atoms with Crippen LogP contribution in [-0.4, -0.2) is 39.6 Å². The van der Waals surface area contributed by atoms with Crippen LogP contribution in [0.4, 0.5) is 4.79 Å². The number of fused-ring (bicyclic) bond motifs is 3. The number of rotatable bonds is 6. The number of carboxylic acids is 1. The van der Waals surface area contributed by atoms with E-state index in [0.29, 0.717) is 0 Å². The number of alkyl carbamates (subject to hydrolysis) is 1. The number of halogens is 1. The molecule has 1 aliphatic rings. The molecule has 1 aromatic heterocycles. The molecule has 8 heteroatoms. The van der Waals surface area contributed by atoms with Crippen LogP contribution in [0.3, 0.4) is 0 Å². The molecule has 0 radical (unpaired) electrons. The van der Waals surface area contributed by atoms with Gasteiger partial charge >= 0.3 is 12.1 Å². The van der Waals surface area contributed by atoms with Crippen LogP contribution in [0, 0.1) is 0 Å². The summed E-state index contributed by atoms with van der Waals surface area (Å²) in [6.07, 6.45) is 2.41. The van der Waals surface area contributed by atoms with E-state index in [4.69, 9.17) is 4.74 Å². The Bertz CT molecular complexity index is 1020. The molecule has 2 N–H and O–H groups in total. The molecule has 3 aromatic rings. The first-order chi connectivity index (χ1) is 14.0. The third kappa shape index (κ3) is 4.02. The maximum atomic E-state index is 12.3. The van der Waals surface area contributed by atoms with Gasteiger partial charge in [0.15, 0.2) is 0 Å². The summed E-state index contributed by atoms with van der Waals surface area (Å²) < 4.78 is 7.57. The summed E-state index contributed by atoms with van der Waals surface area (Å²) in [5, 5.41) is 15.8. The van der Waals surface area contributed by atoms with Crippen molar-refractivity contribution in [2.75, 3.05) is 6.61 Å². The number of carbonyl (C=O) groups is 2. The van der Waals surface area contributed by atoms with Crippen LogP contribution in [-0.2, 0) is 16.1 Å². The highest BCUT2D eigenvalue weighted by Gasteiger charge is 2.29. The van der Waals surface area contributed by atoms with E-state index in [0.717, 1.165) is 26.7 Å². The average molecular weight is 456 g/mol. The number of nitrogens with zero attached hydrogens (tertiary/aromatic N) is 2. The van der Waals surface area contributed by atoms with E-state index in [1.54, 1.807) is 12.4 Å². The van der Waals surface area contributed by atoms with Gasteiger partial charge in [-0.3, -0.25) is 4.68 Å². The number of nitrogens with one attached hydrogen (secondary N) is 1. The minimum atomic E-state index is -1.16. The summed E-state index contributed by atoms with van der Waals surface area (Å²) in [6, 6.07) is 14.9. The van der Waals surface area contributed by atoms with E-state index in [2.05, 4.69) is 38.5 Å². The first-order valence-electron chi connectivity index (χ1n) is 9.05. The van der Waals surface area contributed by atoms with Crippen molar-refractivity contribution in [1.82, 2.24) is 15.1 Å². The molecule has 1 amide bonds. The molecule has 1 heterocycles. The maximum Gasteiger partial charge on any atom is 0.407 e. The van der Waals surface area contributed by atoms with Gasteiger partial charge in [-0.05, 0) is 38.2 Å². The minimum Gasteiger partial charge on any atom is -0.480 e. The first kappa shape index (κ1) is 19.2. The van der Waals surface area contributed by atoms with Gasteiger partial charge in [0, 0.05) is 12.1 Å². The quantitative estimate of drug-likeness (QED) is 0.591. The van der Waals surface area contributed by atoms with Gasteiger partial charge in [-0.1, -0.05) is 48.5 Å². The highest BCUT2D eigenvalue weighted by Crippen LogP contribution is 2.44. The van der Waals surface area contributed by atoms with Crippen molar-refractivity contribution in [3.05, 3.63) is 76.5 Å². The lowest BCUT2D eigenvalue weighted by atomic mass is 9.98. The number of hydrogen-bond acceptors (Lipinski definition) is 4. The molecule has 7 nitrogen and oxygen atoms in total. The van der Waals surface area contributed by atoms with E-state index in [-0.39, 0.29) is 19.1 Å². The lowest BCUT2D eigenvalue weighted by molar-refractivity contribution is -0.139. The molecular weight excluding hydrogens is 438 g/mol. The van der Waals surface area contributed by atoms with Crippen LogP contribution in [0.2, 0.25) is 0 Å². The Morgan fingerprint density at radius 1 is 1.14 bits per heavy atom. The molecule has 0 saturated heterocycles. The van der Waals surface area contributed by atoms with Crippen molar-refractivity contribution in [3.63, 3.8) is 0 Å². The second kappa shape index (κ2) is 8.08. The predicted molar refractivity (Wildman–Crippen MR) is 110 cm³/mol. The second-order valence-corrected chi connectivity index (χ2v) is 7.66. The third-order valence-electron chi connectivity index (χ3n) is 4.91. The number of aromatic nitrogens is 2. The molecule has 1 atom stereocenters. The number of aliphatic carboxylic acids is 1. The monoisotopic (exact) mass is 455 g/mol. The minimum absolute atomic E-state index is 0.00880. The average Bonchev–Trinajstić information content (AvgIpc) is 3.27. The standard InChI is InChI=1S/C21H18BrN3O4/c22-13-9-23-25(10-13)11-19(20(26)27)24-21(28)29-12-18-16-7-3-1-5-14(16)15-6-2-4-8-17(15)18/h1-10,18-19H,11-12H2,(H,24,28)(H,26,27). The maximum absolute atomic E-state index is 12.3. The van der Waals surface area contributed by atoms with E-state index in [1.165, 1.54) is 4.68 Å². The van der Waals surface area contributed by atoms with Crippen molar-refractivity contribution in [3.8, 4) is 11.1 Å². The van der Waals surface area contributed by atoms with Crippen molar-refractivity contribution in [1.29, 1.82) is 0 Å². The second-order valence-electron chi connectivity index (χ2n) is 6.74. The zero-order valence-corrected chi connectivity index (χ0v) is 16.9. The largest absolute Gasteiger partial charge is 0.480 e. The molecule has 1 unspecified atom stereocenters. The third-order valence-corrected chi connectivity index (χ3v) is 5.31. The number of hydrogen-bond donors (Lipinski definition) is 2. The van der Waals surface area contributed by atoms with E-state index in [9.17, 15) is 14.7 Å². The van der Waals surface area contributed by atoms with Gasteiger partial charge in [0.05, 0.1) is 17.2 Å². The Balaban J connectivity index is 1.43. The van der Waals surface area contributed by atoms with E-state index in [1.807, 2.05) is 36.4 Å². The lowest BCUT2D eigenvalue weighted by Gasteiger charge is -2.17. The van der Waals surface area contributed by atoms with Crippen LogP contribution in [0.1, 0.15) is 17.0 Å². The molecule has 148 valence electrons. The number of ether oxygens (including phenoxy) is 1. The Labute approximate surface area is 175 Å². The molecule has 2 aromatic carbocycles. The van der Waals surface area contributed by atoms with Crippen LogP contribution >= 0.6 is 15.9 Å². The summed E-state index contributed by atoms with van der Waals surface area (Å²) >= 11 is 3.26. The van der Waals surface area contributed by atoms with Crippen LogP contribution < -0.4 is 5.32 Å². The fourth-order valence-corrected chi connectivity index (χ4v) is 3.92. The molecule has 0 aliphatic heterocycles. The van der Waals surface area contributed by atoms with Crippen LogP contribution in [0.5, 0.6) is 0 Å². The van der Waals surface area contributed by atoms with E-state index < -0.39 is 18.1 Å². The number of benzene rings is 2. The highest BCUT2D eigenvalue weighted by atomic mass is 79.9. The Morgan fingerprint density at radius 3 is 2.31 bits per heavy atom. The Kier molecular flexibility index (Phi) is 5.35. The van der Waals surface area contributed by atoms with Crippen molar-refractivity contribution in [2.24, 2.45) is 0 Å². The summed E-state index contributed by atoms with van der Waals surface area (Å²) in [6.45, 7) is 0.116. The first-order valence-corrected chi connectivity index (χ1v) is 9.84. The molecule has 29 heavy (non-hydrogen) atoms. The van der Waals surface area contributed by atoms with Crippen molar-refractivity contribution < 1.29 is 19.4 Å². The smallest absolute Gasteiger partial charge is 0.407 e. The van der Waals surface area contributed by atoms with Crippen molar-refractivity contribution >= 4 is 28.0 Å². The Morgan fingerprint density at radius 2 is 1.76 bits per heavy atom. The topological polar surface area (TPSA) is 93.5 Å². The predicted octanol–water partition coefficient (Wildman–Crippen LogP) is 3.64. The van der Waals surface area contributed by atoms with E-state index >= 15 is 0 Å². The SMILES string of the molecule is O=C(NC(Cn1cc(Br)cn1)C(=O)O)OCC1c2ccccc2-c2ccccc21. The Hall–Kier alpha value is -3.13. The zero-order valence-electron chi connectivity index (χ0n) is 15.3. The zero-order chi connectivity index (χ0) is 20.4. The fraction of sp³-hybridized carbons (Fsp3) is 0.190. The van der Waals surface area contributed by atoms with Gasteiger partial charge < -0.3 is 15.2 Å². The molecule has 0 saturated carbocycles. The normalized spacial score (nSPS) is 13.4. The fourth-order valence-electron chi connectivity index (χ4n) is 3.59. The van der Waals surface area contributed by atoms with Crippen molar-refractivity contribution in [2.45, 2.75) is 18.5 Å². The van der Waals surface area contributed by atoms with Gasteiger partial charge in [-0.25, -0.2) is 9.59 Å². The van der Waals surface area contributed by atoms with Gasteiger partial charge in [0.25, 0.3) is 0 Å². The summed E-state index contributed by atoms with van der Waals surface area (Å²) in [5.74, 6) is -1.25. The molecule has 0 spiro atoms. The van der Waals surface area contributed by atoms with Gasteiger partial charge in [-0.2, -0.15) is 5.10 Å². The summed E-state index contributed by atoms with van der Waals surface area (Å²) in [5.41, 5.74) is 4.45. The van der Waals surface area contributed by atoms with Crippen LogP contribution in [0.25, 0.3) is 11.1 Å². The molecule has 0 bridgehead atoms. The molecule has 0 fully saturated rings. The number of carbonyl (C=O) groups excluding carboxylic acids is 1. The number of carboxylic acid groups (broad SMARTS) is 1. The number of amides is 1. The summed E-state index contributed by atoms with van der Waals surface area (Å²) in [7, 11) is 0. The molecular formula is C21H18BrN3O4. The van der Waals surface area contributed by atoms with Gasteiger partial charge in [-0.15, -0.1) is 0 Å². The van der Waals surface area contributed by atoms with Gasteiger partial charge in [0.1, 0.15) is 12.6 Å². The molecule has 4 rings (SSSR count). The van der Waals surface area contributed by atoms with Gasteiger partial charge in [0.2, 0.25) is 0 Å². The van der Waals surface area contributed by atoms with Crippen LogP contribution in [0.15, 0.2) is 65.4 Å². The summed E-state index contributed by atoms with van der Waals surface area (Å²) in [4.78, 5) is 23.8.